The normalized spacial score (nSPS) is 15.5. The average Bonchev–Trinajstić information content (AvgIpc) is 3.50. The summed E-state index contributed by atoms with van der Waals surface area (Å²) < 4.78 is 43.9. The van der Waals surface area contributed by atoms with E-state index in [1.165, 1.54) is 43.9 Å². The van der Waals surface area contributed by atoms with E-state index in [1.54, 1.807) is 6.20 Å². The van der Waals surface area contributed by atoms with Gasteiger partial charge >= 0.3 is 0 Å². The van der Waals surface area contributed by atoms with Crippen LogP contribution in [0.1, 0.15) is 60.0 Å². The molecule has 1 aliphatic heterocycles. The molecule has 0 bridgehead atoms. The minimum absolute atomic E-state index is 0.0900. The van der Waals surface area contributed by atoms with Gasteiger partial charge in [-0.1, -0.05) is 36.4 Å². The monoisotopic (exact) mass is 622 g/mol. The number of ketones is 1. The van der Waals surface area contributed by atoms with Crippen molar-refractivity contribution in [1.29, 1.82) is 0 Å². The van der Waals surface area contributed by atoms with Crippen molar-refractivity contribution in [2.75, 3.05) is 33.6 Å². The third kappa shape index (κ3) is 8.37. The number of methoxy groups -OCH3 is 3. The Labute approximate surface area is 260 Å². The second-order valence-corrected chi connectivity index (χ2v) is 13.4. The number of Topliss-reactive ketones (excluding diaryl/α,β-unsaturated/α-hetero) is 1. The van der Waals surface area contributed by atoms with E-state index < -0.39 is 32.8 Å². The van der Waals surface area contributed by atoms with E-state index in [-0.39, 0.29) is 22.8 Å². The van der Waals surface area contributed by atoms with Gasteiger partial charge < -0.3 is 19.1 Å². The Balaban J connectivity index is 1.47. The van der Waals surface area contributed by atoms with Gasteiger partial charge in [0, 0.05) is 30.5 Å². The van der Waals surface area contributed by atoms with E-state index in [4.69, 9.17) is 14.2 Å². The van der Waals surface area contributed by atoms with Gasteiger partial charge in [0.15, 0.2) is 21.3 Å². The lowest BCUT2D eigenvalue weighted by Crippen LogP contribution is -2.44. The molecule has 0 radical (unpaired) electrons. The minimum atomic E-state index is -3.58. The molecular weight excluding hydrogens is 580 g/mol. The Hall–Kier alpha value is -3.92. The number of carbonyl (C=O) groups excluding carboxylic acids is 2. The smallest absolute Gasteiger partial charge is 0.295 e. The molecule has 0 aliphatic carbocycles. The molecule has 236 valence electrons. The van der Waals surface area contributed by atoms with Crippen molar-refractivity contribution in [3.8, 4) is 17.2 Å². The lowest BCUT2D eigenvalue weighted by Gasteiger charge is -2.26. The maximum Gasteiger partial charge on any atom is 0.295 e. The van der Waals surface area contributed by atoms with Crippen molar-refractivity contribution < 1.29 is 32.2 Å². The maximum absolute atomic E-state index is 13.9. The van der Waals surface area contributed by atoms with Gasteiger partial charge in [-0.05, 0) is 80.7 Å². The summed E-state index contributed by atoms with van der Waals surface area (Å²) in [6.45, 7) is 0.328. The zero-order chi connectivity index (χ0) is 31.5. The number of aryl methyl sites for hydroxylation is 2. The molecule has 1 fully saturated rings. The molecule has 10 heteroatoms. The number of sulfone groups is 1. The Kier molecular flexibility index (Phi) is 11.8. The number of hydrogen-bond acceptors (Lipinski definition) is 8. The van der Waals surface area contributed by atoms with Gasteiger partial charge in [-0.15, -0.1) is 0 Å². The van der Waals surface area contributed by atoms with Gasteiger partial charge in [-0.2, -0.15) is 0 Å². The van der Waals surface area contributed by atoms with Crippen LogP contribution in [0.2, 0.25) is 0 Å². The number of aromatic nitrogens is 1. The lowest BCUT2D eigenvalue weighted by molar-refractivity contribution is -0.126. The zero-order valence-corrected chi connectivity index (χ0v) is 26.6. The molecule has 4 rings (SSSR count). The van der Waals surface area contributed by atoms with Crippen molar-refractivity contribution in [3.63, 3.8) is 0 Å². The van der Waals surface area contributed by atoms with Gasteiger partial charge in [0.05, 0.1) is 32.3 Å². The molecule has 1 aromatic heterocycles. The molecule has 44 heavy (non-hydrogen) atoms. The highest BCUT2D eigenvalue weighted by Gasteiger charge is 2.38. The summed E-state index contributed by atoms with van der Waals surface area (Å²) in [6.07, 6.45) is 8.76. The largest absolute Gasteiger partial charge is 0.493 e. The topological polar surface area (TPSA) is 112 Å². The molecule has 1 aliphatic rings. The molecular formula is C34H42N2O7S. The van der Waals surface area contributed by atoms with Crippen LogP contribution in [0.5, 0.6) is 17.2 Å². The molecule has 9 nitrogen and oxygen atoms in total. The van der Waals surface area contributed by atoms with Crippen molar-refractivity contribution in [1.82, 2.24) is 9.88 Å². The van der Waals surface area contributed by atoms with Crippen LogP contribution in [-0.2, 0) is 27.5 Å². The maximum atomic E-state index is 13.9. The summed E-state index contributed by atoms with van der Waals surface area (Å²) in [5, 5.41) is -0.536. The van der Waals surface area contributed by atoms with E-state index in [0.717, 1.165) is 24.8 Å². The van der Waals surface area contributed by atoms with Crippen molar-refractivity contribution in [2.45, 2.75) is 62.7 Å². The Bertz CT molecular complexity index is 1430. The first-order chi connectivity index (χ1) is 21.3. The standard InChI is InChI=1S/C34H42N2O7S/c1-41-30-21-27(22-31(42-2)33(30)43-3)32(37)34(38)36-20-10-16-28(36)24-44(39,40)29(17-7-13-25-11-5-4-6-12-25)18-8-14-26-15-9-19-35-23-26/h4-6,9,11-12,15,19,21-23,28-29H,7-8,10,13-14,16-18,20,24H2,1-3H3/t28-,29-/m0/s1. The number of nitrogens with zero attached hydrogens (tertiary/aromatic N) is 2. The number of likely N-dealkylation sites (tertiary alicyclic amines) is 1. The number of ether oxygens (including phenoxy) is 3. The van der Waals surface area contributed by atoms with Crippen LogP contribution in [-0.4, -0.2) is 74.9 Å². The van der Waals surface area contributed by atoms with Gasteiger partial charge in [0.2, 0.25) is 5.75 Å². The van der Waals surface area contributed by atoms with Crippen LogP contribution in [0.15, 0.2) is 67.0 Å². The molecule has 2 atom stereocenters. The van der Waals surface area contributed by atoms with E-state index in [1.807, 2.05) is 36.5 Å². The van der Waals surface area contributed by atoms with E-state index in [2.05, 4.69) is 17.1 Å². The fraction of sp³-hybridized carbons (Fsp3) is 0.441. The number of amides is 1. The minimum Gasteiger partial charge on any atom is -0.493 e. The van der Waals surface area contributed by atoms with Gasteiger partial charge in [-0.3, -0.25) is 14.6 Å². The first-order valence-corrected chi connectivity index (χ1v) is 16.8. The summed E-state index contributed by atoms with van der Waals surface area (Å²) in [6, 6.07) is 16.3. The van der Waals surface area contributed by atoms with Gasteiger partial charge in [0.1, 0.15) is 0 Å². The molecule has 0 N–H and O–H groups in total. The van der Waals surface area contributed by atoms with E-state index in [9.17, 15) is 18.0 Å². The highest BCUT2D eigenvalue weighted by atomic mass is 32.2. The highest BCUT2D eigenvalue weighted by molar-refractivity contribution is 7.92. The fourth-order valence-electron chi connectivity index (χ4n) is 5.91. The lowest BCUT2D eigenvalue weighted by atomic mass is 10.0. The van der Waals surface area contributed by atoms with E-state index >= 15 is 0 Å². The Morgan fingerprint density at radius 1 is 0.909 bits per heavy atom. The first kappa shape index (κ1) is 33.0. The van der Waals surface area contributed by atoms with Crippen LogP contribution < -0.4 is 14.2 Å². The Morgan fingerprint density at radius 2 is 1.55 bits per heavy atom. The molecule has 0 spiro atoms. The van der Waals surface area contributed by atoms with Gasteiger partial charge in [-0.25, -0.2) is 8.42 Å². The van der Waals surface area contributed by atoms with Crippen molar-refractivity contribution >= 4 is 21.5 Å². The molecule has 3 aromatic rings. The molecule has 2 aromatic carbocycles. The van der Waals surface area contributed by atoms with Crippen LogP contribution in [0.25, 0.3) is 0 Å². The number of rotatable bonds is 16. The predicted octanol–water partition coefficient (Wildman–Crippen LogP) is 5.11. The van der Waals surface area contributed by atoms with Crippen LogP contribution in [0.4, 0.5) is 0 Å². The fourth-order valence-corrected chi connectivity index (χ4v) is 8.12. The first-order valence-electron chi connectivity index (χ1n) is 15.1. The Morgan fingerprint density at radius 3 is 2.14 bits per heavy atom. The second-order valence-electron chi connectivity index (χ2n) is 11.1. The number of pyridine rings is 1. The summed E-state index contributed by atoms with van der Waals surface area (Å²) in [4.78, 5) is 32.5. The molecule has 1 amide bonds. The van der Waals surface area contributed by atoms with E-state index in [0.29, 0.717) is 44.4 Å². The third-order valence-electron chi connectivity index (χ3n) is 8.24. The number of hydrogen-bond donors (Lipinski definition) is 0. The SMILES string of the molecule is COc1cc(C(=O)C(=O)N2CCC[C@H]2CS(=O)(=O)[C@@H](CCCc2ccccc2)CCCc2cccnc2)cc(OC)c1OC. The molecule has 1 saturated heterocycles. The quantitative estimate of drug-likeness (QED) is 0.160. The van der Waals surface area contributed by atoms with Crippen LogP contribution in [0.3, 0.4) is 0 Å². The average molecular weight is 623 g/mol. The zero-order valence-electron chi connectivity index (χ0n) is 25.7. The molecule has 0 unspecified atom stereocenters. The van der Waals surface area contributed by atoms with Crippen molar-refractivity contribution in [3.05, 3.63) is 83.7 Å². The highest BCUT2D eigenvalue weighted by Crippen LogP contribution is 2.38. The molecule has 2 heterocycles. The van der Waals surface area contributed by atoms with Crippen LogP contribution in [0, 0.1) is 0 Å². The summed E-state index contributed by atoms with van der Waals surface area (Å²) in [5.41, 5.74) is 2.34. The van der Waals surface area contributed by atoms with Crippen molar-refractivity contribution in [2.24, 2.45) is 0 Å². The molecule has 0 saturated carbocycles. The summed E-state index contributed by atoms with van der Waals surface area (Å²) in [5.74, 6) is -0.810. The number of benzene rings is 2. The second kappa shape index (κ2) is 15.7. The van der Waals surface area contributed by atoms with Crippen LogP contribution >= 0.6 is 0 Å². The predicted molar refractivity (Wildman–Crippen MR) is 169 cm³/mol. The summed E-state index contributed by atoms with van der Waals surface area (Å²) in [7, 11) is 0.740. The summed E-state index contributed by atoms with van der Waals surface area (Å²) >= 11 is 0. The third-order valence-corrected chi connectivity index (χ3v) is 10.6. The number of carbonyl (C=O) groups is 2. The van der Waals surface area contributed by atoms with Gasteiger partial charge in [0.25, 0.3) is 11.7 Å².